The fourth-order valence-corrected chi connectivity index (χ4v) is 6.26. The van der Waals surface area contributed by atoms with E-state index >= 15 is 0 Å². The monoisotopic (exact) mass is 639 g/mol. The van der Waals surface area contributed by atoms with E-state index in [4.69, 9.17) is 14.2 Å². The van der Waals surface area contributed by atoms with Crippen LogP contribution in [0.3, 0.4) is 0 Å². The first kappa shape index (κ1) is 35.2. The van der Waals surface area contributed by atoms with Gasteiger partial charge in [0, 0.05) is 19.2 Å². The highest BCUT2D eigenvalue weighted by Gasteiger charge is 2.34. The van der Waals surface area contributed by atoms with Gasteiger partial charge in [-0.3, -0.25) is 13.9 Å². The lowest BCUT2D eigenvalue weighted by molar-refractivity contribution is -0.139. The molecule has 2 amide bonds. The average molecular weight is 640 g/mol. The number of carbonyl (C=O) groups excluding carboxylic acids is 2. The Hall–Kier alpha value is -4.25. The number of hydrogen-bond acceptors (Lipinski definition) is 7. The molecule has 45 heavy (non-hydrogen) atoms. The Balaban J connectivity index is 2.05. The van der Waals surface area contributed by atoms with Crippen LogP contribution in [0, 0.1) is 5.92 Å². The molecule has 3 rings (SSSR count). The molecule has 1 atom stereocenters. The second-order valence-corrected chi connectivity index (χ2v) is 12.7. The number of hydrogen-bond donors (Lipinski definition) is 1. The summed E-state index contributed by atoms with van der Waals surface area (Å²) in [6, 6.07) is 19.6. The van der Waals surface area contributed by atoms with Crippen molar-refractivity contribution in [3.8, 4) is 17.2 Å². The van der Waals surface area contributed by atoms with Crippen LogP contribution in [0.1, 0.15) is 39.7 Å². The van der Waals surface area contributed by atoms with Gasteiger partial charge in [-0.2, -0.15) is 0 Å². The fraction of sp³-hybridized carbons (Fsp3) is 0.412. The molecule has 244 valence electrons. The molecule has 0 saturated heterocycles. The van der Waals surface area contributed by atoms with Crippen LogP contribution in [0.4, 0.5) is 5.69 Å². The number of ether oxygens (including phenoxy) is 3. The second-order valence-electron chi connectivity index (χ2n) is 10.8. The molecule has 0 spiro atoms. The van der Waals surface area contributed by atoms with E-state index in [0.717, 1.165) is 9.87 Å². The molecule has 0 aliphatic rings. The maximum absolute atomic E-state index is 14.2. The zero-order valence-electron chi connectivity index (χ0n) is 27.0. The van der Waals surface area contributed by atoms with Gasteiger partial charge in [-0.1, -0.05) is 51.1 Å². The summed E-state index contributed by atoms with van der Waals surface area (Å²) in [6.07, 6.45) is 0.849. The third kappa shape index (κ3) is 9.37. The van der Waals surface area contributed by atoms with Gasteiger partial charge in [0.05, 0.1) is 31.4 Å². The number of methoxy groups -OCH3 is 2. The molecule has 0 saturated carbocycles. The first-order valence-electron chi connectivity index (χ1n) is 15.1. The van der Waals surface area contributed by atoms with Crippen LogP contribution in [0.15, 0.2) is 77.7 Å². The van der Waals surface area contributed by atoms with Gasteiger partial charge in [-0.15, -0.1) is 0 Å². The predicted molar refractivity (Wildman–Crippen MR) is 175 cm³/mol. The lowest BCUT2D eigenvalue weighted by atomic mass is 10.1. The molecule has 0 aliphatic heterocycles. The number of anilines is 1. The van der Waals surface area contributed by atoms with Gasteiger partial charge in [0.15, 0.2) is 11.5 Å². The van der Waals surface area contributed by atoms with Crippen LogP contribution in [0.5, 0.6) is 17.2 Å². The second kappa shape index (κ2) is 16.7. The Morgan fingerprint density at radius 2 is 1.56 bits per heavy atom. The van der Waals surface area contributed by atoms with Gasteiger partial charge in [0.1, 0.15) is 18.3 Å². The minimum absolute atomic E-state index is 0.0839. The van der Waals surface area contributed by atoms with E-state index in [9.17, 15) is 18.0 Å². The van der Waals surface area contributed by atoms with Gasteiger partial charge in [-0.25, -0.2) is 8.42 Å². The van der Waals surface area contributed by atoms with E-state index in [-0.39, 0.29) is 34.7 Å². The van der Waals surface area contributed by atoms with Crippen LogP contribution < -0.4 is 23.8 Å². The van der Waals surface area contributed by atoms with E-state index in [2.05, 4.69) is 5.32 Å². The Kier molecular flexibility index (Phi) is 13.1. The highest BCUT2D eigenvalue weighted by atomic mass is 32.2. The molecule has 0 radical (unpaired) electrons. The van der Waals surface area contributed by atoms with Crippen LogP contribution in [0.25, 0.3) is 0 Å². The smallest absolute Gasteiger partial charge is 0.264 e. The van der Waals surface area contributed by atoms with Gasteiger partial charge < -0.3 is 24.4 Å². The maximum Gasteiger partial charge on any atom is 0.264 e. The van der Waals surface area contributed by atoms with E-state index in [1.165, 1.54) is 37.3 Å². The normalized spacial score (nSPS) is 11.9. The van der Waals surface area contributed by atoms with Crippen LogP contribution in [-0.2, 0) is 26.0 Å². The summed E-state index contributed by atoms with van der Waals surface area (Å²) in [5.41, 5.74) is 1.26. The Labute approximate surface area is 267 Å². The first-order valence-corrected chi connectivity index (χ1v) is 16.6. The molecule has 0 unspecified atom stereocenters. The Bertz CT molecular complexity index is 1500. The molecule has 11 heteroatoms. The largest absolute Gasteiger partial charge is 0.494 e. The molecule has 0 bridgehead atoms. The van der Waals surface area contributed by atoms with Crippen LogP contribution in [0.2, 0.25) is 0 Å². The molecular weight excluding hydrogens is 594 g/mol. The third-order valence-corrected chi connectivity index (χ3v) is 8.98. The molecule has 0 heterocycles. The van der Waals surface area contributed by atoms with E-state index in [1.54, 1.807) is 24.3 Å². The standard InChI is InChI=1S/C34H45N3O7S/c1-7-30(34(39)35-23-25(3)4)36(21-20-26-12-10-9-11-13-26)33(38)24-37(27-14-16-28(17-15-27)44-8-2)45(40,41)29-18-19-31(42-5)32(22-29)43-6/h9-19,22,25,30H,7-8,20-21,23-24H2,1-6H3,(H,35,39)/t30-/m1/s1. The molecule has 3 aromatic rings. The predicted octanol–water partition coefficient (Wildman–Crippen LogP) is 4.92. The first-order chi connectivity index (χ1) is 21.5. The van der Waals surface area contributed by atoms with Crippen molar-refractivity contribution < 1.29 is 32.2 Å². The molecule has 1 N–H and O–H groups in total. The van der Waals surface area contributed by atoms with Crippen molar-refractivity contribution in [1.82, 2.24) is 10.2 Å². The zero-order valence-corrected chi connectivity index (χ0v) is 27.8. The lowest BCUT2D eigenvalue weighted by Crippen LogP contribution is -2.53. The van der Waals surface area contributed by atoms with Crippen molar-refractivity contribution >= 4 is 27.5 Å². The highest BCUT2D eigenvalue weighted by Crippen LogP contribution is 2.33. The molecule has 3 aromatic carbocycles. The van der Waals surface area contributed by atoms with E-state index in [0.29, 0.717) is 37.5 Å². The van der Waals surface area contributed by atoms with Crippen molar-refractivity contribution in [2.75, 3.05) is 44.8 Å². The maximum atomic E-state index is 14.2. The topological polar surface area (TPSA) is 114 Å². The van der Waals surface area contributed by atoms with E-state index in [1.807, 2.05) is 58.0 Å². The van der Waals surface area contributed by atoms with E-state index < -0.39 is 28.5 Å². The Morgan fingerprint density at radius 3 is 2.13 bits per heavy atom. The number of nitrogens with zero attached hydrogens (tertiary/aromatic N) is 2. The number of carbonyl (C=O) groups is 2. The van der Waals surface area contributed by atoms with Crippen molar-refractivity contribution in [2.24, 2.45) is 5.92 Å². The summed E-state index contributed by atoms with van der Waals surface area (Å²) in [6.45, 7) is 8.28. The highest BCUT2D eigenvalue weighted by molar-refractivity contribution is 7.92. The van der Waals surface area contributed by atoms with Crippen LogP contribution in [-0.4, -0.2) is 71.6 Å². The van der Waals surface area contributed by atoms with Crippen molar-refractivity contribution in [1.29, 1.82) is 0 Å². The number of rotatable bonds is 17. The minimum Gasteiger partial charge on any atom is -0.494 e. The third-order valence-electron chi connectivity index (χ3n) is 7.21. The fourth-order valence-electron chi connectivity index (χ4n) is 4.83. The molecule has 0 aromatic heterocycles. The lowest BCUT2D eigenvalue weighted by Gasteiger charge is -2.33. The van der Waals surface area contributed by atoms with Gasteiger partial charge >= 0.3 is 0 Å². The summed E-state index contributed by atoms with van der Waals surface area (Å²) in [5, 5.41) is 2.95. The van der Waals surface area contributed by atoms with Crippen molar-refractivity contribution in [2.45, 2.75) is 51.5 Å². The number of amides is 2. The van der Waals surface area contributed by atoms with Gasteiger partial charge in [0.25, 0.3) is 10.0 Å². The summed E-state index contributed by atoms with van der Waals surface area (Å²) < 4.78 is 45.8. The number of benzene rings is 3. The van der Waals surface area contributed by atoms with Crippen LogP contribution >= 0.6 is 0 Å². The minimum atomic E-state index is -4.30. The molecule has 10 nitrogen and oxygen atoms in total. The molecular formula is C34H45N3O7S. The zero-order chi connectivity index (χ0) is 33.0. The number of sulfonamides is 1. The summed E-state index contributed by atoms with van der Waals surface area (Å²) in [5.74, 6) is 0.604. The van der Waals surface area contributed by atoms with Crippen molar-refractivity contribution in [3.63, 3.8) is 0 Å². The molecule has 0 fully saturated rings. The van der Waals surface area contributed by atoms with Gasteiger partial charge in [-0.05, 0) is 67.6 Å². The summed E-state index contributed by atoms with van der Waals surface area (Å²) in [4.78, 5) is 29.0. The van der Waals surface area contributed by atoms with Crippen molar-refractivity contribution in [3.05, 3.63) is 78.4 Å². The average Bonchev–Trinajstić information content (AvgIpc) is 3.04. The van der Waals surface area contributed by atoms with Gasteiger partial charge in [0.2, 0.25) is 11.8 Å². The summed E-state index contributed by atoms with van der Waals surface area (Å²) >= 11 is 0. The summed E-state index contributed by atoms with van der Waals surface area (Å²) in [7, 11) is -1.42. The molecule has 0 aliphatic carbocycles. The Morgan fingerprint density at radius 1 is 0.889 bits per heavy atom. The number of nitrogens with one attached hydrogen (secondary N) is 1. The quantitative estimate of drug-likeness (QED) is 0.223. The SMILES string of the molecule is CCOc1ccc(N(CC(=O)N(CCc2ccccc2)[C@H](CC)C(=O)NCC(C)C)S(=O)(=O)c2ccc(OC)c(OC)c2)cc1.